The summed E-state index contributed by atoms with van der Waals surface area (Å²) in [6.07, 6.45) is 3.48. The van der Waals surface area contributed by atoms with Crippen molar-refractivity contribution < 1.29 is 9.59 Å². The van der Waals surface area contributed by atoms with Crippen LogP contribution in [0, 0.1) is 5.92 Å². The van der Waals surface area contributed by atoms with Crippen molar-refractivity contribution in [1.29, 1.82) is 0 Å². The maximum atomic E-state index is 12.8. The normalized spacial score (nSPS) is 18.0. The Morgan fingerprint density at radius 2 is 1.88 bits per heavy atom. The molecular formula is C19H29N3O2. The van der Waals surface area contributed by atoms with E-state index in [1.165, 1.54) is 0 Å². The third-order valence-corrected chi connectivity index (χ3v) is 4.80. The van der Waals surface area contributed by atoms with Crippen LogP contribution in [0.3, 0.4) is 0 Å². The lowest BCUT2D eigenvalue weighted by Gasteiger charge is -2.36. The summed E-state index contributed by atoms with van der Waals surface area (Å²) in [7, 11) is 0. The van der Waals surface area contributed by atoms with Crippen LogP contribution in [0.25, 0.3) is 0 Å². The van der Waals surface area contributed by atoms with Gasteiger partial charge in [0, 0.05) is 25.6 Å². The number of unbranched alkanes of at least 4 members (excludes halogenated alkanes) is 1. The lowest BCUT2D eigenvalue weighted by atomic mass is 9.89. The van der Waals surface area contributed by atoms with E-state index in [-0.39, 0.29) is 17.7 Å². The van der Waals surface area contributed by atoms with E-state index >= 15 is 0 Å². The topological polar surface area (TPSA) is 75.4 Å². The molecule has 0 aliphatic carbocycles. The molecule has 1 aliphatic rings. The van der Waals surface area contributed by atoms with Crippen molar-refractivity contribution >= 4 is 11.8 Å². The molecule has 2 amide bonds. The predicted octanol–water partition coefficient (Wildman–Crippen LogP) is 2.02. The second-order valence-electron chi connectivity index (χ2n) is 6.78. The van der Waals surface area contributed by atoms with Crippen molar-refractivity contribution in [1.82, 2.24) is 10.2 Å². The first-order valence-corrected chi connectivity index (χ1v) is 8.88. The van der Waals surface area contributed by atoms with Gasteiger partial charge >= 0.3 is 0 Å². The number of rotatable bonds is 6. The largest absolute Gasteiger partial charge is 0.356 e. The van der Waals surface area contributed by atoms with Crippen LogP contribution in [0.5, 0.6) is 0 Å². The first kappa shape index (κ1) is 18.5. The van der Waals surface area contributed by atoms with Crippen LogP contribution in [0.15, 0.2) is 30.3 Å². The Bertz CT molecular complexity index is 549. The van der Waals surface area contributed by atoms with E-state index in [2.05, 4.69) is 12.2 Å². The first-order chi connectivity index (χ1) is 11.5. The van der Waals surface area contributed by atoms with E-state index < -0.39 is 5.54 Å². The molecule has 1 aromatic carbocycles. The molecule has 24 heavy (non-hydrogen) atoms. The van der Waals surface area contributed by atoms with Crippen molar-refractivity contribution in [2.24, 2.45) is 11.7 Å². The van der Waals surface area contributed by atoms with Crippen molar-refractivity contribution in [2.75, 3.05) is 19.6 Å². The summed E-state index contributed by atoms with van der Waals surface area (Å²) in [6.45, 7) is 5.78. The fourth-order valence-corrected chi connectivity index (χ4v) is 3.11. The number of nitrogens with two attached hydrogens (primary N) is 1. The number of nitrogens with one attached hydrogen (secondary N) is 1. The molecule has 3 N–H and O–H groups in total. The predicted molar refractivity (Wildman–Crippen MR) is 95.2 cm³/mol. The lowest BCUT2D eigenvalue weighted by Crippen LogP contribution is -2.53. The third-order valence-electron chi connectivity index (χ3n) is 4.80. The average Bonchev–Trinajstić information content (AvgIpc) is 2.62. The van der Waals surface area contributed by atoms with Gasteiger partial charge in [-0.2, -0.15) is 0 Å². The number of carbonyl (C=O) groups excluding carboxylic acids is 2. The molecule has 1 fully saturated rings. The number of hydrogen-bond acceptors (Lipinski definition) is 3. The summed E-state index contributed by atoms with van der Waals surface area (Å²) in [6, 6.07) is 9.45. The molecule has 0 bridgehead atoms. The Kier molecular flexibility index (Phi) is 6.37. The van der Waals surface area contributed by atoms with Gasteiger partial charge in [0.05, 0.1) is 0 Å². The molecule has 1 heterocycles. The summed E-state index contributed by atoms with van der Waals surface area (Å²) in [5.41, 5.74) is 6.10. The highest BCUT2D eigenvalue weighted by molar-refractivity contribution is 5.87. The van der Waals surface area contributed by atoms with E-state index in [1.54, 1.807) is 11.8 Å². The van der Waals surface area contributed by atoms with E-state index in [9.17, 15) is 9.59 Å². The zero-order valence-electron chi connectivity index (χ0n) is 14.8. The number of likely N-dealkylation sites (tertiary alicyclic amines) is 1. The van der Waals surface area contributed by atoms with Crippen LogP contribution in [0.1, 0.15) is 45.1 Å². The number of amides is 2. The monoisotopic (exact) mass is 331 g/mol. The van der Waals surface area contributed by atoms with Crippen molar-refractivity contribution in [3.05, 3.63) is 35.9 Å². The molecule has 2 rings (SSSR count). The van der Waals surface area contributed by atoms with Gasteiger partial charge in [0.25, 0.3) is 0 Å². The van der Waals surface area contributed by atoms with Crippen LogP contribution in [-0.4, -0.2) is 36.3 Å². The van der Waals surface area contributed by atoms with Crippen molar-refractivity contribution in [2.45, 2.75) is 45.1 Å². The number of hydrogen-bond donors (Lipinski definition) is 2. The molecule has 1 saturated heterocycles. The van der Waals surface area contributed by atoms with E-state index in [4.69, 9.17) is 5.73 Å². The fraction of sp³-hybridized carbons (Fsp3) is 0.579. The van der Waals surface area contributed by atoms with Gasteiger partial charge in [-0.3, -0.25) is 9.59 Å². The molecule has 0 spiro atoms. The molecule has 0 radical (unpaired) electrons. The molecule has 1 unspecified atom stereocenters. The zero-order valence-corrected chi connectivity index (χ0v) is 14.8. The Labute approximate surface area is 144 Å². The van der Waals surface area contributed by atoms with Gasteiger partial charge in [-0.1, -0.05) is 43.7 Å². The summed E-state index contributed by atoms with van der Waals surface area (Å²) in [5.74, 6) is 0.0549. The Hall–Kier alpha value is -1.88. The molecular weight excluding hydrogens is 302 g/mol. The molecule has 1 aliphatic heterocycles. The zero-order chi connectivity index (χ0) is 17.6. The van der Waals surface area contributed by atoms with Gasteiger partial charge in [-0.15, -0.1) is 0 Å². The summed E-state index contributed by atoms with van der Waals surface area (Å²) < 4.78 is 0. The molecule has 0 aromatic heterocycles. The highest BCUT2D eigenvalue weighted by Crippen LogP contribution is 2.24. The van der Waals surface area contributed by atoms with Crippen LogP contribution >= 0.6 is 0 Å². The van der Waals surface area contributed by atoms with E-state index in [1.807, 2.05) is 30.3 Å². The van der Waals surface area contributed by atoms with Gasteiger partial charge in [0.15, 0.2) is 0 Å². The Morgan fingerprint density at radius 1 is 1.25 bits per heavy atom. The van der Waals surface area contributed by atoms with Gasteiger partial charge in [0.1, 0.15) is 5.54 Å². The van der Waals surface area contributed by atoms with E-state index in [0.29, 0.717) is 25.9 Å². The first-order valence-electron chi connectivity index (χ1n) is 8.88. The van der Waals surface area contributed by atoms with Crippen LogP contribution < -0.4 is 11.1 Å². The SMILES string of the molecule is CCCCNC(=O)C1CCN(C(=O)C(C)(N)c2ccccc2)CC1. The summed E-state index contributed by atoms with van der Waals surface area (Å²) >= 11 is 0. The molecule has 5 nitrogen and oxygen atoms in total. The minimum absolute atomic E-state index is 0.00617. The summed E-state index contributed by atoms with van der Waals surface area (Å²) in [4.78, 5) is 26.7. The fourth-order valence-electron chi connectivity index (χ4n) is 3.11. The molecule has 5 heteroatoms. The van der Waals surface area contributed by atoms with Crippen molar-refractivity contribution in [3.8, 4) is 0 Å². The Balaban J connectivity index is 1.90. The highest BCUT2D eigenvalue weighted by Gasteiger charge is 2.36. The number of carbonyl (C=O) groups is 2. The lowest BCUT2D eigenvalue weighted by molar-refractivity contribution is -0.140. The van der Waals surface area contributed by atoms with Gasteiger partial charge in [-0.25, -0.2) is 0 Å². The minimum Gasteiger partial charge on any atom is -0.356 e. The van der Waals surface area contributed by atoms with E-state index in [0.717, 1.165) is 24.9 Å². The third kappa shape index (κ3) is 4.35. The number of piperidine rings is 1. The second kappa shape index (κ2) is 8.29. The van der Waals surface area contributed by atoms with Gasteiger partial charge < -0.3 is 16.0 Å². The minimum atomic E-state index is -1.03. The molecule has 1 aromatic rings. The van der Waals surface area contributed by atoms with Gasteiger partial charge in [-0.05, 0) is 31.7 Å². The average molecular weight is 331 g/mol. The van der Waals surface area contributed by atoms with Gasteiger partial charge in [0.2, 0.25) is 11.8 Å². The van der Waals surface area contributed by atoms with Crippen LogP contribution in [0.4, 0.5) is 0 Å². The molecule has 1 atom stereocenters. The maximum Gasteiger partial charge on any atom is 0.246 e. The van der Waals surface area contributed by atoms with Crippen LogP contribution in [-0.2, 0) is 15.1 Å². The van der Waals surface area contributed by atoms with Crippen molar-refractivity contribution in [3.63, 3.8) is 0 Å². The smallest absolute Gasteiger partial charge is 0.246 e. The number of nitrogens with zero attached hydrogens (tertiary/aromatic N) is 1. The summed E-state index contributed by atoms with van der Waals surface area (Å²) in [5, 5.41) is 2.99. The quantitative estimate of drug-likeness (QED) is 0.783. The number of benzene rings is 1. The second-order valence-corrected chi connectivity index (χ2v) is 6.78. The highest BCUT2D eigenvalue weighted by atomic mass is 16.2. The standard InChI is InChI=1S/C19H29N3O2/c1-3-4-12-21-17(23)15-10-13-22(14-11-15)18(24)19(2,20)16-8-6-5-7-9-16/h5-9,15H,3-4,10-14,20H2,1-2H3,(H,21,23). The van der Waals surface area contributed by atoms with Crippen LogP contribution in [0.2, 0.25) is 0 Å². The molecule has 132 valence electrons. The maximum absolute atomic E-state index is 12.8. The Morgan fingerprint density at radius 3 is 2.46 bits per heavy atom. The molecule has 0 saturated carbocycles.